The van der Waals surface area contributed by atoms with Crippen LogP contribution in [0.5, 0.6) is 0 Å². The highest BCUT2D eigenvalue weighted by molar-refractivity contribution is 7.90. The molecule has 2 rings (SSSR count). The molecule has 1 aliphatic heterocycles. The summed E-state index contributed by atoms with van der Waals surface area (Å²) in [6.07, 6.45) is 0.531. The Morgan fingerprint density at radius 1 is 1.28 bits per heavy atom. The van der Waals surface area contributed by atoms with Crippen molar-refractivity contribution in [1.29, 1.82) is 0 Å². The van der Waals surface area contributed by atoms with Crippen LogP contribution < -0.4 is 10.6 Å². The van der Waals surface area contributed by atoms with Gasteiger partial charge in [-0.2, -0.15) is 17.5 Å². The minimum absolute atomic E-state index is 0.0499. The third-order valence-corrected chi connectivity index (χ3v) is 6.40. The summed E-state index contributed by atoms with van der Waals surface area (Å²) in [6, 6.07) is 2.75. The van der Waals surface area contributed by atoms with Crippen molar-refractivity contribution in [2.75, 3.05) is 26.7 Å². The average molecular weight is 442 g/mol. The van der Waals surface area contributed by atoms with E-state index in [2.05, 4.69) is 15.6 Å². The number of sulfonamides is 1. The number of hydrogen-bond donors (Lipinski definition) is 2. The number of guanidine groups is 1. The molecule has 0 saturated carbocycles. The second-order valence-electron chi connectivity index (χ2n) is 6.78. The van der Waals surface area contributed by atoms with Crippen LogP contribution in [0.25, 0.3) is 0 Å². The first-order valence-electron chi connectivity index (χ1n) is 8.94. The van der Waals surface area contributed by atoms with E-state index in [1.54, 1.807) is 6.92 Å². The molecule has 1 unspecified atom stereocenters. The molecule has 1 aliphatic rings. The van der Waals surface area contributed by atoms with Gasteiger partial charge in [-0.15, -0.1) is 0 Å². The highest BCUT2D eigenvalue weighted by Crippen LogP contribution is 2.30. The predicted molar refractivity (Wildman–Crippen MR) is 98.5 cm³/mol. The summed E-state index contributed by atoms with van der Waals surface area (Å²) in [5.74, 6) is -1.09. The Kier molecular flexibility index (Phi) is 7.44. The smallest absolute Gasteiger partial charge is 0.356 e. The normalized spacial score (nSPS) is 18.5. The van der Waals surface area contributed by atoms with Gasteiger partial charge in [0.05, 0.1) is 6.04 Å². The van der Waals surface area contributed by atoms with Crippen molar-refractivity contribution in [3.8, 4) is 0 Å². The molecule has 1 heterocycles. The van der Waals surface area contributed by atoms with Crippen molar-refractivity contribution >= 4 is 16.0 Å². The minimum Gasteiger partial charge on any atom is -0.356 e. The zero-order valence-electron chi connectivity index (χ0n) is 15.9. The monoisotopic (exact) mass is 442 g/mol. The lowest BCUT2D eigenvalue weighted by atomic mass is 9.98. The molecular formula is C17H23F5N4O2S. The van der Waals surface area contributed by atoms with Crippen LogP contribution in [0.4, 0.5) is 22.0 Å². The van der Waals surface area contributed by atoms with Gasteiger partial charge < -0.3 is 10.6 Å². The molecule has 0 bridgehead atoms. The minimum atomic E-state index is -5.30. The standard InChI is InChI=1S/C17H23F5N4O2S/c1-11(14-4-3-13(18)9-15(14)19)25-16(23-2)24-10-12-5-7-26(8-6-12)29(27,28)17(20,21)22/h3-4,9,11-12H,5-8,10H2,1-2H3,(H2,23,24,25). The van der Waals surface area contributed by atoms with Crippen molar-refractivity contribution in [2.24, 2.45) is 10.9 Å². The van der Waals surface area contributed by atoms with Crippen LogP contribution in [0.3, 0.4) is 0 Å². The summed E-state index contributed by atoms with van der Waals surface area (Å²) >= 11 is 0. The maximum absolute atomic E-state index is 13.9. The largest absolute Gasteiger partial charge is 0.511 e. The topological polar surface area (TPSA) is 73.8 Å². The molecule has 1 atom stereocenters. The van der Waals surface area contributed by atoms with Gasteiger partial charge in [-0.3, -0.25) is 4.99 Å². The molecule has 0 aliphatic carbocycles. The molecule has 29 heavy (non-hydrogen) atoms. The summed E-state index contributed by atoms with van der Waals surface area (Å²) < 4.78 is 88.1. The van der Waals surface area contributed by atoms with Crippen LogP contribution in [0.15, 0.2) is 23.2 Å². The molecule has 12 heteroatoms. The number of aliphatic imine (C=N–C) groups is 1. The molecule has 1 aromatic rings. The van der Waals surface area contributed by atoms with Crippen molar-refractivity contribution in [2.45, 2.75) is 31.3 Å². The maximum Gasteiger partial charge on any atom is 0.511 e. The number of nitrogens with one attached hydrogen (secondary N) is 2. The maximum atomic E-state index is 13.9. The number of nitrogens with zero attached hydrogens (tertiary/aromatic N) is 2. The second kappa shape index (κ2) is 9.24. The number of benzene rings is 1. The van der Waals surface area contributed by atoms with E-state index in [4.69, 9.17) is 0 Å². The third kappa shape index (κ3) is 5.78. The summed E-state index contributed by atoms with van der Waals surface area (Å²) in [5.41, 5.74) is -5.05. The van der Waals surface area contributed by atoms with E-state index in [9.17, 15) is 30.4 Å². The van der Waals surface area contributed by atoms with Crippen molar-refractivity contribution in [3.63, 3.8) is 0 Å². The van der Waals surface area contributed by atoms with Crippen LogP contribution in [0.2, 0.25) is 0 Å². The van der Waals surface area contributed by atoms with Gasteiger partial charge in [0.1, 0.15) is 11.6 Å². The Morgan fingerprint density at radius 2 is 1.90 bits per heavy atom. The first kappa shape index (κ1) is 23.3. The molecular weight excluding hydrogens is 419 g/mol. The fourth-order valence-electron chi connectivity index (χ4n) is 3.07. The van der Waals surface area contributed by atoms with E-state index in [1.807, 2.05) is 0 Å². The predicted octanol–water partition coefficient (Wildman–Crippen LogP) is 2.75. The summed E-state index contributed by atoms with van der Waals surface area (Å²) in [7, 11) is -3.80. The van der Waals surface area contributed by atoms with Gasteiger partial charge in [0.15, 0.2) is 5.96 Å². The number of alkyl halides is 3. The summed E-state index contributed by atoms with van der Waals surface area (Å²) in [5, 5.41) is 5.96. The molecule has 0 radical (unpaired) electrons. The number of piperidine rings is 1. The van der Waals surface area contributed by atoms with Crippen molar-refractivity contribution < 1.29 is 30.4 Å². The molecule has 1 fully saturated rings. The molecule has 0 aromatic heterocycles. The van der Waals surface area contributed by atoms with Gasteiger partial charge in [-0.1, -0.05) is 6.07 Å². The van der Waals surface area contributed by atoms with Crippen molar-refractivity contribution in [3.05, 3.63) is 35.4 Å². The van der Waals surface area contributed by atoms with Crippen LogP contribution in [0.1, 0.15) is 31.4 Å². The first-order valence-corrected chi connectivity index (χ1v) is 10.4. The van der Waals surface area contributed by atoms with E-state index in [0.717, 1.165) is 12.1 Å². The summed E-state index contributed by atoms with van der Waals surface area (Å²) in [4.78, 5) is 4.01. The van der Waals surface area contributed by atoms with Crippen LogP contribution in [-0.2, 0) is 10.0 Å². The zero-order valence-corrected chi connectivity index (χ0v) is 16.7. The van der Waals surface area contributed by atoms with Gasteiger partial charge >= 0.3 is 15.5 Å². The Bertz CT molecular complexity index is 837. The Labute approximate surface area is 166 Å². The number of halogens is 5. The fraction of sp³-hybridized carbons (Fsp3) is 0.588. The van der Waals surface area contributed by atoms with Crippen molar-refractivity contribution in [1.82, 2.24) is 14.9 Å². The zero-order chi connectivity index (χ0) is 21.8. The highest BCUT2D eigenvalue weighted by atomic mass is 32.2. The molecule has 0 amide bonds. The molecule has 0 spiro atoms. The first-order chi connectivity index (χ1) is 13.5. The Balaban J connectivity index is 1.86. The average Bonchev–Trinajstić information content (AvgIpc) is 2.64. The van der Waals surface area contributed by atoms with E-state index in [0.29, 0.717) is 16.8 Å². The van der Waals surface area contributed by atoms with Gasteiger partial charge in [-0.05, 0) is 31.7 Å². The SMILES string of the molecule is CN=C(NCC1CCN(S(=O)(=O)C(F)(F)F)CC1)NC(C)c1ccc(F)cc1F. The van der Waals surface area contributed by atoms with E-state index in [1.165, 1.54) is 13.1 Å². The number of hydrogen-bond acceptors (Lipinski definition) is 3. The highest BCUT2D eigenvalue weighted by Gasteiger charge is 2.50. The van der Waals surface area contributed by atoms with Gasteiger partial charge in [-0.25, -0.2) is 17.2 Å². The van der Waals surface area contributed by atoms with E-state index in [-0.39, 0.29) is 37.4 Å². The second-order valence-corrected chi connectivity index (χ2v) is 8.71. The molecule has 2 N–H and O–H groups in total. The molecule has 1 aromatic carbocycles. The molecule has 164 valence electrons. The number of rotatable bonds is 5. The molecule has 1 saturated heterocycles. The van der Waals surface area contributed by atoms with Gasteiger partial charge in [0, 0.05) is 38.3 Å². The fourth-order valence-corrected chi connectivity index (χ4v) is 4.06. The third-order valence-electron chi connectivity index (χ3n) is 4.77. The lowest BCUT2D eigenvalue weighted by Gasteiger charge is -2.32. The van der Waals surface area contributed by atoms with Crippen LogP contribution in [0, 0.1) is 17.6 Å². The van der Waals surface area contributed by atoms with E-state index >= 15 is 0 Å². The Hall–Kier alpha value is -1.95. The van der Waals surface area contributed by atoms with E-state index < -0.39 is 33.2 Å². The molecule has 6 nitrogen and oxygen atoms in total. The van der Waals surface area contributed by atoms with Crippen LogP contribution >= 0.6 is 0 Å². The summed E-state index contributed by atoms with van der Waals surface area (Å²) in [6.45, 7) is 1.61. The van der Waals surface area contributed by atoms with Gasteiger partial charge in [0.2, 0.25) is 0 Å². The van der Waals surface area contributed by atoms with Gasteiger partial charge in [0.25, 0.3) is 0 Å². The lowest BCUT2D eigenvalue weighted by molar-refractivity contribution is -0.0496. The van der Waals surface area contributed by atoms with Crippen LogP contribution in [-0.4, -0.2) is 50.9 Å². The quantitative estimate of drug-likeness (QED) is 0.418. The lowest BCUT2D eigenvalue weighted by Crippen LogP contribution is -2.47. The Morgan fingerprint density at radius 3 is 2.41 bits per heavy atom.